The lowest BCUT2D eigenvalue weighted by Gasteiger charge is -2.24. The van der Waals surface area contributed by atoms with Gasteiger partial charge in [0.1, 0.15) is 17.7 Å². The Kier molecular flexibility index (Phi) is 7.89. The van der Waals surface area contributed by atoms with Gasteiger partial charge in [-0.3, -0.25) is 10.3 Å². The number of amides is 2. The van der Waals surface area contributed by atoms with Gasteiger partial charge < -0.3 is 9.47 Å². The molecule has 5 rings (SSSR count). The van der Waals surface area contributed by atoms with E-state index in [-0.39, 0.29) is 17.8 Å². The van der Waals surface area contributed by atoms with Crippen LogP contribution in [0.3, 0.4) is 0 Å². The topological polar surface area (TPSA) is 62.5 Å². The number of imidazole rings is 1. The third-order valence-electron chi connectivity index (χ3n) is 6.97. The van der Waals surface area contributed by atoms with Gasteiger partial charge in [-0.05, 0) is 42.9 Å². The Hall–Kier alpha value is -4.00. The van der Waals surface area contributed by atoms with Crippen molar-refractivity contribution < 1.29 is 9.18 Å². The van der Waals surface area contributed by atoms with Crippen molar-refractivity contribution >= 4 is 11.9 Å². The first kappa shape index (κ1) is 24.7. The van der Waals surface area contributed by atoms with Gasteiger partial charge in [0.15, 0.2) is 0 Å². The Balaban J connectivity index is 1.36. The highest BCUT2D eigenvalue weighted by atomic mass is 19.1. The van der Waals surface area contributed by atoms with Crippen molar-refractivity contribution in [2.45, 2.75) is 44.2 Å². The minimum absolute atomic E-state index is 0.220. The third kappa shape index (κ3) is 5.88. The first-order valence-corrected chi connectivity index (χ1v) is 12.9. The highest BCUT2D eigenvalue weighted by Gasteiger charge is 2.38. The summed E-state index contributed by atoms with van der Waals surface area (Å²) in [7, 11) is 0. The van der Waals surface area contributed by atoms with Gasteiger partial charge in [-0.15, -0.1) is 0 Å². The molecule has 1 aliphatic carbocycles. The van der Waals surface area contributed by atoms with Gasteiger partial charge in [-0.2, -0.15) is 0 Å². The monoisotopic (exact) mass is 497 g/mol. The molecule has 2 aromatic carbocycles. The minimum atomic E-state index is -0.569. The second-order valence-corrected chi connectivity index (χ2v) is 9.40. The largest absolute Gasteiger partial charge is 0.337 e. The summed E-state index contributed by atoms with van der Waals surface area (Å²) in [6.07, 6.45) is 15.8. The first-order valence-electron chi connectivity index (χ1n) is 12.9. The summed E-state index contributed by atoms with van der Waals surface area (Å²) in [4.78, 5) is 23.6. The van der Waals surface area contributed by atoms with Crippen LogP contribution in [0.5, 0.6) is 0 Å². The van der Waals surface area contributed by atoms with Gasteiger partial charge in [0.2, 0.25) is 0 Å². The van der Waals surface area contributed by atoms with E-state index in [4.69, 9.17) is 4.99 Å². The number of aliphatic imine (C=N–C) groups is 1. The molecule has 1 aliphatic heterocycles. The second-order valence-electron chi connectivity index (χ2n) is 9.40. The molecule has 7 heteroatoms. The molecule has 0 bridgehead atoms. The number of carbonyl (C=O) groups excluding carboxylic acids is 1. The fraction of sp³-hybridized carbons (Fsp3) is 0.300. The van der Waals surface area contributed by atoms with Gasteiger partial charge >= 0.3 is 6.03 Å². The summed E-state index contributed by atoms with van der Waals surface area (Å²) in [5, 5.41) is 2.94. The zero-order chi connectivity index (χ0) is 25.5. The average molecular weight is 498 g/mol. The predicted molar refractivity (Wildman–Crippen MR) is 144 cm³/mol. The Morgan fingerprint density at radius 1 is 1.08 bits per heavy atom. The number of nitrogens with one attached hydrogen (secondary N) is 1. The van der Waals surface area contributed by atoms with Crippen molar-refractivity contribution in [2.24, 2.45) is 4.99 Å². The molecule has 0 radical (unpaired) electrons. The SMILES string of the molecule is O=C1NC(=NCCC(C2=CCCC=C2)c2ccccc2)C(c2ccccc2F)N1CCCn1ccnc1. The highest BCUT2D eigenvalue weighted by molar-refractivity contribution is 6.07. The summed E-state index contributed by atoms with van der Waals surface area (Å²) in [6, 6.07) is 16.3. The van der Waals surface area contributed by atoms with E-state index in [0.29, 0.717) is 24.5 Å². The number of aromatic nitrogens is 2. The second kappa shape index (κ2) is 11.8. The molecule has 2 atom stereocenters. The van der Waals surface area contributed by atoms with Crippen LogP contribution in [0.25, 0.3) is 0 Å². The number of urea groups is 1. The van der Waals surface area contributed by atoms with E-state index in [1.54, 1.807) is 35.6 Å². The maximum Gasteiger partial charge on any atom is 0.323 e. The van der Waals surface area contributed by atoms with E-state index in [1.165, 1.54) is 17.2 Å². The number of allylic oxidation sites excluding steroid dienone is 4. The fourth-order valence-electron chi connectivity index (χ4n) is 5.14. The lowest BCUT2D eigenvalue weighted by atomic mass is 9.85. The zero-order valence-electron chi connectivity index (χ0n) is 20.8. The summed E-state index contributed by atoms with van der Waals surface area (Å²) in [5.41, 5.74) is 3.02. The lowest BCUT2D eigenvalue weighted by Crippen LogP contribution is -2.31. The molecular weight excluding hydrogens is 465 g/mol. The van der Waals surface area contributed by atoms with Gasteiger partial charge in [-0.25, -0.2) is 14.2 Å². The number of halogens is 1. The number of nitrogens with zero attached hydrogens (tertiary/aromatic N) is 4. The van der Waals surface area contributed by atoms with Crippen molar-refractivity contribution in [3.63, 3.8) is 0 Å². The number of hydrogen-bond acceptors (Lipinski definition) is 3. The van der Waals surface area contributed by atoms with Crippen molar-refractivity contribution in [2.75, 3.05) is 13.1 Å². The van der Waals surface area contributed by atoms with Crippen LogP contribution in [0, 0.1) is 5.82 Å². The molecule has 2 aliphatic rings. The van der Waals surface area contributed by atoms with E-state index in [9.17, 15) is 9.18 Å². The number of amidine groups is 1. The Bertz CT molecular complexity index is 1280. The van der Waals surface area contributed by atoms with Crippen LogP contribution in [0.1, 0.15) is 48.8 Å². The van der Waals surface area contributed by atoms with Crippen LogP contribution in [0.4, 0.5) is 9.18 Å². The van der Waals surface area contributed by atoms with E-state index in [0.717, 1.165) is 32.2 Å². The van der Waals surface area contributed by atoms with Crippen LogP contribution in [0.15, 0.2) is 102 Å². The maximum atomic E-state index is 14.9. The number of benzene rings is 2. The number of hydrogen-bond donors (Lipinski definition) is 1. The summed E-state index contributed by atoms with van der Waals surface area (Å²) < 4.78 is 16.9. The van der Waals surface area contributed by atoms with Gasteiger partial charge in [-0.1, -0.05) is 66.8 Å². The Morgan fingerprint density at radius 3 is 2.68 bits per heavy atom. The normalized spacial score (nSPS) is 19.2. The standard InChI is InChI=1S/C30H32FN5O/c31-27-15-8-7-14-26(27)28-29(34-30(37)36(28)20-9-19-35-21-18-32-22-35)33-17-16-25(23-10-3-1-4-11-23)24-12-5-2-6-13-24/h1,3-5,7-8,10-15,18,21-22,25,28H,2,6,9,16-17,19-20H2,(H,33,34,37). The molecule has 2 amide bonds. The quantitative estimate of drug-likeness (QED) is 0.372. The van der Waals surface area contributed by atoms with Gasteiger partial charge in [0, 0.05) is 43.5 Å². The smallest absolute Gasteiger partial charge is 0.323 e. The molecule has 1 N–H and O–H groups in total. The predicted octanol–water partition coefficient (Wildman–Crippen LogP) is 6.03. The zero-order valence-corrected chi connectivity index (χ0v) is 20.8. The van der Waals surface area contributed by atoms with Crippen molar-refractivity contribution in [1.29, 1.82) is 0 Å². The molecule has 1 saturated heterocycles. The molecule has 0 saturated carbocycles. The molecular formula is C30H32FN5O. The Morgan fingerprint density at radius 2 is 1.92 bits per heavy atom. The van der Waals surface area contributed by atoms with Crippen LogP contribution in [-0.2, 0) is 6.54 Å². The van der Waals surface area contributed by atoms with Gasteiger partial charge in [0.05, 0.1) is 6.33 Å². The lowest BCUT2D eigenvalue weighted by molar-refractivity contribution is 0.203. The van der Waals surface area contributed by atoms with Crippen LogP contribution < -0.4 is 5.32 Å². The molecule has 3 aromatic rings. The maximum absolute atomic E-state index is 14.9. The molecule has 0 spiro atoms. The van der Waals surface area contributed by atoms with Crippen LogP contribution in [0.2, 0.25) is 0 Å². The van der Waals surface area contributed by atoms with E-state index in [2.05, 4.69) is 52.8 Å². The number of carbonyl (C=O) groups is 1. The van der Waals surface area contributed by atoms with Crippen LogP contribution >= 0.6 is 0 Å². The number of aryl methyl sites for hydroxylation is 1. The highest BCUT2D eigenvalue weighted by Crippen LogP contribution is 2.32. The molecule has 1 aromatic heterocycles. The molecule has 2 unspecified atom stereocenters. The van der Waals surface area contributed by atoms with Gasteiger partial charge in [0.25, 0.3) is 0 Å². The van der Waals surface area contributed by atoms with E-state index in [1.807, 2.05) is 16.8 Å². The summed E-state index contributed by atoms with van der Waals surface area (Å²) >= 11 is 0. The number of rotatable bonds is 10. The van der Waals surface area contributed by atoms with E-state index < -0.39 is 6.04 Å². The third-order valence-corrected chi connectivity index (χ3v) is 6.97. The summed E-state index contributed by atoms with van der Waals surface area (Å²) in [5.74, 6) is 0.395. The first-order chi connectivity index (χ1) is 18.2. The van der Waals surface area contributed by atoms with Crippen molar-refractivity contribution in [1.82, 2.24) is 19.8 Å². The van der Waals surface area contributed by atoms with E-state index >= 15 is 0 Å². The Labute approximate surface area is 217 Å². The fourth-order valence-corrected chi connectivity index (χ4v) is 5.14. The van der Waals surface area contributed by atoms with Crippen molar-refractivity contribution in [3.8, 4) is 0 Å². The molecule has 1 fully saturated rings. The molecule has 37 heavy (non-hydrogen) atoms. The molecule has 2 heterocycles. The summed E-state index contributed by atoms with van der Waals surface area (Å²) in [6.45, 7) is 1.72. The minimum Gasteiger partial charge on any atom is -0.337 e. The molecule has 190 valence electrons. The molecule has 6 nitrogen and oxygen atoms in total. The average Bonchev–Trinajstić information content (AvgIpc) is 3.56. The van der Waals surface area contributed by atoms with Crippen LogP contribution in [-0.4, -0.2) is 39.4 Å². The van der Waals surface area contributed by atoms with Crippen molar-refractivity contribution in [3.05, 3.63) is 114 Å².